The Kier molecular flexibility index (Phi) is 7.45. The lowest BCUT2D eigenvalue weighted by molar-refractivity contribution is -0.119. The molecule has 8 heteroatoms. The van der Waals surface area contributed by atoms with Gasteiger partial charge in [-0.05, 0) is 74.4 Å². The first-order valence-electron chi connectivity index (χ1n) is 12.4. The Bertz CT molecular complexity index is 1210. The van der Waals surface area contributed by atoms with Gasteiger partial charge in [-0.25, -0.2) is 0 Å². The summed E-state index contributed by atoms with van der Waals surface area (Å²) < 4.78 is 22.9. The summed E-state index contributed by atoms with van der Waals surface area (Å²) in [7, 11) is 4.76. The Labute approximate surface area is 212 Å². The summed E-state index contributed by atoms with van der Waals surface area (Å²) >= 11 is 0. The van der Waals surface area contributed by atoms with Crippen LogP contribution in [-0.2, 0) is 16.0 Å². The zero-order valence-electron chi connectivity index (χ0n) is 21.9. The third-order valence-corrected chi connectivity index (χ3v) is 6.97. The summed E-state index contributed by atoms with van der Waals surface area (Å²) in [4.78, 5) is 25.6. The highest BCUT2D eigenvalue weighted by atomic mass is 16.5. The van der Waals surface area contributed by atoms with Gasteiger partial charge >= 0.3 is 0 Å². The van der Waals surface area contributed by atoms with Gasteiger partial charge < -0.3 is 29.6 Å². The average molecular weight is 497 g/mol. The average Bonchev–Trinajstić information content (AvgIpc) is 3.06. The third-order valence-electron chi connectivity index (χ3n) is 6.97. The number of methoxy groups -OCH3 is 3. The van der Waals surface area contributed by atoms with E-state index in [1.54, 1.807) is 27.4 Å². The number of carbonyl (C=O) groups is 1. The Morgan fingerprint density at radius 3 is 2.44 bits per heavy atom. The lowest BCUT2D eigenvalue weighted by atomic mass is 9.94. The molecule has 0 aromatic heterocycles. The van der Waals surface area contributed by atoms with Gasteiger partial charge in [0.25, 0.3) is 0 Å². The summed E-state index contributed by atoms with van der Waals surface area (Å²) in [6.07, 6.45) is 2.90. The number of hydrogen-bond donors (Lipinski definition) is 2. The van der Waals surface area contributed by atoms with Crippen molar-refractivity contribution in [1.29, 1.82) is 0 Å². The van der Waals surface area contributed by atoms with Crippen LogP contribution in [0.5, 0.6) is 17.2 Å². The zero-order valence-corrected chi connectivity index (χ0v) is 21.9. The van der Waals surface area contributed by atoms with Crippen LogP contribution < -0.4 is 30.3 Å². The monoisotopic (exact) mass is 496 g/mol. The van der Waals surface area contributed by atoms with Crippen LogP contribution in [0.1, 0.15) is 57.2 Å². The maximum atomic E-state index is 13.5. The number of ether oxygens (including phenoxy) is 4. The topological polar surface area (TPSA) is 95.1 Å². The molecule has 2 aromatic rings. The summed E-state index contributed by atoms with van der Waals surface area (Å²) in [5.41, 5.74) is 3.55. The molecule has 4 rings (SSSR count). The van der Waals surface area contributed by atoms with E-state index in [4.69, 9.17) is 18.9 Å². The largest absolute Gasteiger partial charge is 0.493 e. The Balaban J connectivity index is 1.90. The van der Waals surface area contributed by atoms with Gasteiger partial charge in [0.1, 0.15) is 0 Å². The minimum absolute atomic E-state index is 0.126. The SMILES string of the molecule is COc1cc2c(c(OC)c1OC)-c1ccc(NC3CCOC(C)(C)C3)c(=O)cc1[C@@H](NC(C)=O)CC2. The molecular weight excluding hydrogens is 460 g/mol. The molecule has 194 valence electrons. The number of rotatable bonds is 6. The van der Waals surface area contributed by atoms with Gasteiger partial charge in [0, 0.05) is 25.1 Å². The van der Waals surface area contributed by atoms with Gasteiger partial charge in [0.05, 0.1) is 38.7 Å². The molecule has 1 unspecified atom stereocenters. The minimum Gasteiger partial charge on any atom is -0.493 e. The Hall–Kier alpha value is -3.26. The van der Waals surface area contributed by atoms with Crippen molar-refractivity contribution < 1.29 is 23.7 Å². The minimum atomic E-state index is -0.332. The lowest BCUT2D eigenvalue weighted by Crippen LogP contribution is -2.40. The first-order chi connectivity index (χ1) is 17.2. The van der Waals surface area contributed by atoms with E-state index in [-0.39, 0.29) is 29.0 Å². The summed E-state index contributed by atoms with van der Waals surface area (Å²) in [5, 5.41) is 6.50. The van der Waals surface area contributed by atoms with Crippen LogP contribution in [0.2, 0.25) is 0 Å². The van der Waals surface area contributed by atoms with Crippen LogP contribution in [0.4, 0.5) is 5.69 Å². The van der Waals surface area contributed by atoms with Crippen LogP contribution in [0.25, 0.3) is 11.1 Å². The predicted octanol–water partition coefficient (Wildman–Crippen LogP) is 4.23. The molecule has 8 nitrogen and oxygen atoms in total. The number of nitrogens with one attached hydrogen (secondary N) is 2. The molecule has 2 aliphatic rings. The number of hydrogen-bond acceptors (Lipinski definition) is 7. The molecule has 36 heavy (non-hydrogen) atoms. The second-order valence-corrected chi connectivity index (χ2v) is 10.0. The number of aryl methyl sites for hydroxylation is 1. The number of carbonyl (C=O) groups excluding carboxylic acids is 1. The number of amides is 1. The Morgan fingerprint density at radius 1 is 1.06 bits per heavy atom. The molecular formula is C28H36N2O6. The molecule has 1 aliphatic carbocycles. The summed E-state index contributed by atoms with van der Waals surface area (Å²) in [6.45, 7) is 6.26. The molecule has 2 aromatic carbocycles. The molecule has 2 N–H and O–H groups in total. The van der Waals surface area contributed by atoms with E-state index in [1.165, 1.54) is 6.92 Å². The van der Waals surface area contributed by atoms with Crippen molar-refractivity contribution in [3.05, 3.63) is 45.6 Å². The van der Waals surface area contributed by atoms with Crippen LogP contribution in [-0.4, -0.2) is 45.5 Å². The first kappa shape index (κ1) is 25.8. The van der Waals surface area contributed by atoms with Crippen molar-refractivity contribution in [3.63, 3.8) is 0 Å². The highest BCUT2D eigenvalue weighted by molar-refractivity contribution is 5.83. The fourth-order valence-corrected chi connectivity index (χ4v) is 5.40. The van der Waals surface area contributed by atoms with Gasteiger partial charge in [-0.3, -0.25) is 9.59 Å². The van der Waals surface area contributed by atoms with E-state index in [0.717, 1.165) is 35.1 Å². The third kappa shape index (κ3) is 5.14. The molecule has 1 heterocycles. The molecule has 0 spiro atoms. The molecule has 0 radical (unpaired) electrons. The summed E-state index contributed by atoms with van der Waals surface area (Å²) in [6, 6.07) is 7.16. The van der Waals surface area contributed by atoms with Gasteiger partial charge in [-0.2, -0.15) is 0 Å². The molecule has 1 fully saturated rings. The molecule has 2 atom stereocenters. The Morgan fingerprint density at radius 2 is 1.81 bits per heavy atom. The molecule has 1 aliphatic heterocycles. The van der Waals surface area contributed by atoms with E-state index < -0.39 is 0 Å². The van der Waals surface area contributed by atoms with Crippen molar-refractivity contribution in [2.75, 3.05) is 33.3 Å². The zero-order chi connectivity index (χ0) is 26.0. The standard InChI is InChI=1S/C28H36N2O6/c1-16(31)29-21-9-7-17-13-24(33-4)26(34-5)27(35-6)25(17)19-8-10-22(23(32)14-20(19)21)30-18-11-12-36-28(2,3)15-18/h8,10,13-14,18,21H,7,9,11-12,15H2,1-6H3,(H,29,31)(H,30,32)/t18?,21-/m0/s1. The summed E-state index contributed by atoms with van der Waals surface area (Å²) in [5.74, 6) is 1.44. The van der Waals surface area contributed by atoms with Crippen molar-refractivity contribution >= 4 is 11.6 Å². The van der Waals surface area contributed by atoms with E-state index in [1.807, 2.05) is 18.2 Å². The molecule has 0 saturated carbocycles. The van der Waals surface area contributed by atoms with Gasteiger partial charge in [0.15, 0.2) is 11.5 Å². The second-order valence-electron chi connectivity index (χ2n) is 10.0. The highest BCUT2D eigenvalue weighted by Crippen LogP contribution is 2.50. The van der Waals surface area contributed by atoms with Crippen molar-refractivity contribution in [3.8, 4) is 28.4 Å². The number of fused-ring (bicyclic) bond motifs is 3. The lowest BCUT2D eigenvalue weighted by Gasteiger charge is -2.36. The van der Waals surface area contributed by atoms with Crippen LogP contribution >= 0.6 is 0 Å². The second kappa shape index (κ2) is 10.4. The quantitative estimate of drug-likeness (QED) is 0.618. The first-order valence-corrected chi connectivity index (χ1v) is 12.4. The fourth-order valence-electron chi connectivity index (χ4n) is 5.40. The van der Waals surface area contributed by atoms with Crippen molar-refractivity contribution in [1.82, 2.24) is 5.32 Å². The van der Waals surface area contributed by atoms with Crippen molar-refractivity contribution in [2.24, 2.45) is 0 Å². The van der Waals surface area contributed by atoms with Crippen LogP contribution in [0.3, 0.4) is 0 Å². The normalized spacial score (nSPS) is 20.3. The smallest absolute Gasteiger partial charge is 0.217 e. The van der Waals surface area contributed by atoms with E-state index in [0.29, 0.717) is 42.4 Å². The van der Waals surface area contributed by atoms with Crippen LogP contribution in [0.15, 0.2) is 29.1 Å². The predicted molar refractivity (Wildman–Crippen MR) is 139 cm³/mol. The number of benzene rings is 1. The highest BCUT2D eigenvalue weighted by Gasteiger charge is 2.31. The molecule has 1 amide bonds. The van der Waals surface area contributed by atoms with Gasteiger partial charge in [-0.1, -0.05) is 6.07 Å². The van der Waals surface area contributed by atoms with Gasteiger partial charge in [0.2, 0.25) is 17.1 Å². The fraction of sp³-hybridized carbons (Fsp3) is 0.500. The van der Waals surface area contributed by atoms with Crippen molar-refractivity contribution in [2.45, 2.75) is 64.1 Å². The van der Waals surface area contributed by atoms with E-state index in [2.05, 4.69) is 24.5 Å². The van der Waals surface area contributed by atoms with Crippen LogP contribution in [0, 0.1) is 0 Å². The maximum absolute atomic E-state index is 13.5. The molecule has 1 saturated heterocycles. The number of anilines is 1. The van der Waals surface area contributed by atoms with E-state index in [9.17, 15) is 9.59 Å². The molecule has 0 bridgehead atoms. The van der Waals surface area contributed by atoms with E-state index >= 15 is 0 Å². The maximum Gasteiger partial charge on any atom is 0.217 e. The van der Waals surface area contributed by atoms with Gasteiger partial charge in [-0.15, -0.1) is 0 Å².